The van der Waals surface area contributed by atoms with Crippen molar-refractivity contribution in [2.24, 2.45) is 11.8 Å². The highest BCUT2D eigenvalue weighted by Crippen LogP contribution is 2.34. The molecule has 74 valence electrons. The van der Waals surface area contributed by atoms with E-state index in [1.54, 1.807) is 0 Å². The van der Waals surface area contributed by atoms with Gasteiger partial charge < -0.3 is 5.11 Å². The third kappa shape index (κ3) is 2.70. The standard InChI is InChI=1S/C12H20O/c1-9(2)12-5-4-10(3)8-11(12)6-7-13/h8,11-13H,1,4-7H2,2-3H3/t11-,12+/m0/s1. The molecule has 1 N–H and O–H groups in total. The van der Waals surface area contributed by atoms with Crippen molar-refractivity contribution in [3.8, 4) is 0 Å². The molecule has 0 aliphatic heterocycles. The zero-order valence-corrected chi connectivity index (χ0v) is 8.71. The van der Waals surface area contributed by atoms with Crippen molar-refractivity contribution in [3.05, 3.63) is 23.8 Å². The summed E-state index contributed by atoms with van der Waals surface area (Å²) < 4.78 is 0. The molecule has 0 unspecified atom stereocenters. The number of allylic oxidation sites excluding steroid dienone is 3. The second-order valence-corrected chi connectivity index (χ2v) is 4.18. The lowest BCUT2D eigenvalue weighted by atomic mass is 9.76. The van der Waals surface area contributed by atoms with Crippen molar-refractivity contribution in [3.63, 3.8) is 0 Å². The van der Waals surface area contributed by atoms with Gasteiger partial charge in [-0.2, -0.15) is 0 Å². The summed E-state index contributed by atoms with van der Waals surface area (Å²) in [6.45, 7) is 8.60. The zero-order chi connectivity index (χ0) is 9.84. The van der Waals surface area contributed by atoms with Crippen LogP contribution in [0.2, 0.25) is 0 Å². The van der Waals surface area contributed by atoms with Gasteiger partial charge >= 0.3 is 0 Å². The summed E-state index contributed by atoms with van der Waals surface area (Å²) in [6.07, 6.45) is 5.61. The van der Waals surface area contributed by atoms with Crippen LogP contribution in [-0.2, 0) is 0 Å². The first-order valence-electron chi connectivity index (χ1n) is 5.08. The molecule has 0 saturated carbocycles. The molecule has 0 aromatic rings. The number of aliphatic hydroxyl groups is 1. The summed E-state index contributed by atoms with van der Waals surface area (Å²) in [5.74, 6) is 1.12. The molecule has 0 heterocycles. The maximum absolute atomic E-state index is 8.95. The Morgan fingerprint density at radius 2 is 2.38 bits per heavy atom. The molecule has 1 heteroatoms. The summed E-state index contributed by atoms with van der Waals surface area (Å²) in [7, 11) is 0. The first-order valence-corrected chi connectivity index (χ1v) is 5.08. The van der Waals surface area contributed by atoms with Crippen molar-refractivity contribution in [1.82, 2.24) is 0 Å². The van der Waals surface area contributed by atoms with E-state index in [-0.39, 0.29) is 6.61 Å². The number of aliphatic hydroxyl groups excluding tert-OH is 1. The lowest BCUT2D eigenvalue weighted by molar-refractivity contribution is 0.244. The van der Waals surface area contributed by atoms with E-state index in [4.69, 9.17) is 5.11 Å². The minimum Gasteiger partial charge on any atom is -0.396 e. The Morgan fingerprint density at radius 3 is 2.92 bits per heavy atom. The fraction of sp³-hybridized carbons (Fsp3) is 0.667. The first-order chi connectivity index (χ1) is 6.15. The van der Waals surface area contributed by atoms with Crippen LogP contribution in [0.3, 0.4) is 0 Å². The van der Waals surface area contributed by atoms with Gasteiger partial charge in [-0.05, 0) is 44.9 Å². The summed E-state index contributed by atoms with van der Waals surface area (Å²) in [5.41, 5.74) is 2.73. The lowest BCUT2D eigenvalue weighted by Gasteiger charge is -2.29. The number of hydrogen-bond donors (Lipinski definition) is 1. The highest BCUT2D eigenvalue weighted by Gasteiger charge is 2.23. The third-order valence-electron chi connectivity index (χ3n) is 2.96. The van der Waals surface area contributed by atoms with E-state index in [2.05, 4.69) is 26.5 Å². The quantitative estimate of drug-likeness (QED) is 0.662. The smallest absolute Gasteiger partial charge is 0.0436 e. The van der Waals surface area contributed by atoms with E-state index >= 15 is 0 Å². The molecule has 1 aliphatic carbocycles. The van der Waals surface area contributed by atoms with Crippen molar-refractivity contribution >= 4 is 0 Å². The molecule has 0 spiro atoms. The van der Waals surface area contributed by atoms with Crippen LogP contribution in [0.25, 0.3) is 0 Å². The topological polar surface area (TPSA) is 20.2 Å². The minimum absolute atomic E-state index is 0.290. The van der Waals surface area contributed by atoms with E-state index in [9.17, 15) is 0 Å². The van der Waals surface area contributed by atoms with Gasteiger partial charge in [0.1, 0.15) is 0 Å². The zero-order valence-electron chi connectivity index (χ0n) is 8.71. The normalized spacial score (nSPS) is 28.4. The Morgan fingerprint density at radius 1 is 1.69 bits per heavy atom. The first kappa shape index (κ1) is 10.5. The highest BCUT2D eigenvalue weighted by atomic mass is 16.3. The molecular formula is C12H20O. The molecule has 1 aliphatic rings. The van der Waals surface area contributed by atoms with E-state index in [1.165, 1.54) is 24.0 Å². The molecule has 0 saturated heterocycles. The SMILES string of the molecule is C=C(C)[C@H]1CCC(C)=C[C@@H]1CCO. The fourth-order valence-electron chi connectivity index (χ4n) is 2.21. The summed E-state index contributed by atoms with van der Waals surface area (Å²) >= 11 is 0. The maximum Gasteiger partial charge on any atom is 0.0436 e. The summed E-state index contributed by atoms with van der Waals surface area (Å²) in [4.78, 5) is 0. The van der Waals surface area contributed by atoms with Gasteiger partial charge in [-0.15, -0.1) is 0 Å². The van der Waals surface area contributed by atoms with E-state index in [0.29, 0.717) is 11.8 Å². The Bertz CT molecular complexity index is 215. The monoisotopic (exact) mass is 180 g/mol. The maximum atomic E-state index is 8.95. The van der Waals surface area contributed by atoms with Gasteiger partial charge in [-0.3, -0.25) is 0 Å². The lowest BCUT2D eigenvalue weighted by Crippen LogP contribution is -2.19. The van der Waals surface area contributed by atoms with Crippen molar-refractivity contribution in [2.75, 3.05) is 6.61 Å². The van der Waals surface area contributed by atoms with Crippen LogP contribution in [-0.4, -0.2) is 11.7 Å². The van der Waals surface area contributed by atoms with Crippen LogP contribution < -0.4 is 0 Å². The molecule has 0 amide bonds. The van der Waals surface area contributed by atoms with E-state index in [1.807, 2.05) is 0 Å². The fourth-order valence-corrected chi connectivity index (χ4v) is 2.21. The Hall–Kier alpha value is -0.560. The van der Waals surface area contributed by atoms with E-state index < -0.39 is 0 Å². The van der Waals surface area contributed by atoms with Crippen LogP contribution >= 0.6 is 0 Å². The summed E-state index contributed by atoms with van der Waals surface area (Å²) in [5, 5.41) is 8.95. The van der Waals surface area contributed by atoms with E-state index in [0.717, 1.165) is 6.42 Å². The largest absolute Gasteiger partial charge is 0.396 e. The van der Waals surface area contributed by atoms with Gasteiger partial charge in [0.2, 0.25) is 0 Å². The van der Waals surface area contributed by atoms with Gasteiger partial charge in [0.25, 0.3) is 0 Å². The minimum atomic E-state index is 0.290. The molecule has 0 aromatic carbocycles. The van der Waals surface area contributed by atoms with Crippen LogP contribution in [0, 0.1) is 11.8 Å². The number of hydrogen-bond acceptors (Lipinski definition) is 1. The van der Waals surface area contributed by atoms with Crippen LogP contribution in [0.4, 0.5) is 0 Å². The van der Waals surface area contributed by atoms with Crippen molar-refractivity contribution < 1.29 is 5.11 Å². The predicted molar refractivity (Wildman–Crippen MR) is 56.5 cm³/mol. The molecule has 2 atom stereocenters. The van der Waals surface area contributed by atoms with Gasteiger partial charge in [0, 0.05) is 6.61 Å². The summed E-state index contributed by atoms with van der Waals surface area (Å²) in [6, 6.07) is 0. The molecule has 13 heavy (non-hydrogen) atoms. The Labute approximate surface area is 81.2 Å². The Balaban J connectivity index is 2.69. The molecule has 1 rings (SSSR count). The molecular weight excluding hydrogens is 160 g/mol. The van der Waals surface area contributed by atoms with Crippen molar-refractivity contribution in [1.29, 1.82) is 0 Å². The van der Waals surface area contributed by atoms with Crippen LogP contribution in [0.1, 0.15) is 33.1 Å². The number of rotatable bonds is 3. The molecule has 0 fully saturated rings. The average molecular weight is 180 g/mol. The third-order valence-corrected chi connectivity index (χ3v) is 2.96. The second-order valence-electron chi connectivity index (χ2n) is 4.18. The van der Waals surface area contributed by atoms with Gasteiger partial charge in [-0.25, -0.2) is 0 Å². The highest BCUT2D eigenvalue weighted by molar-refractivity contribution is 5.13. The average Bonchev–Trinajstić information content (AvgIpc) is 2.04. The van der Waals surface area contributed by atoms with Crippen molar-refractivity contribution in [2.45, 2.75) is 33.1 Å². The second kappa shape index (κ2) is 4.61. The van der Waals surface area contributed by atoms with Gasteiger partial charge in [0.05, 0.1) is 0 Å². The predicted octanol–water partition coefficient (Wildman–Crippen LogP) is 2.92. The van der Waals surface area contributed by atoms with Gasteiger partial charge in [0.15, 0.2) is 0 Å². The van der Waals surface area contributed by atoms with Crippen LogP contribution in [0.15, 0.2) is 23.8 Å². The molecule has 0 bridgehead atoms. The molecule has 0 aromatic heterocycles. The molecule has 0 radical (unpaired) electrons. The molecule has 1 nitrogen and oxygen atoms in total. The Kier molecular flexibility index (Phi) is 3.73. The van der Waals surface area contributed by atoms with Crippen LogP contribution in [0.5, 0.6) is 0 Å². The van der Waals surface area contributed by atoms with Gasteiger partial charge in [-0.1, -0.05) is 23.8 Å².